The van der Waals surface area contributed by atoms with Crippen molar-refractivity contribution in [2.75, 3.05) is 12.4 Å². The topological polar surface area (TPSA) is 68.8 Å². The van der Waals surface area contributed by atoms with Gasteiger partial charge in [0.05, 0.1) is 30.3 Å². The molecule has 1 aliphatic rings. The maximum Gasteiger partial charge on any atom is 0.143 e. The van der Waals surface area contributed by atoms with Crippen LogP contribution in [0.15, 0.2) is 18.2 Å². The Kier molecular flexibility index (Phi) is 3.69. The Morgan fingerprint density at radius 2 is 2.17 bits per heavy atom. The van der Waals surface area contributed by atoms with Crippen LogP contribution in [0, 0.1) is 28.6 Å². The lowest BCUT2D eigenvalue weighted by Gasteiger charge is -2.19. The van der Waals surface area contributed by atoms with Crippen LogP contribution in [0.1, 0.15) is 24.8 Å². The Labute approximate surface area is 107 Å². The van der Waals surface area contributed by atoms with E-state index in [0.717, 1.165) is 19.3 Å². The molecule has 0 radical (unpaired) electrons. The summed E-state index contributed by atoms with van der Waals surface area (Å²) in [7, 11) is 1.58. The molecular formula is C14H15N3O. The van der Waals surface area contributed by atoms with Crippen molar-refractivity contribution in [3.8, 4) is 17.9 Å². The van der Waals surface area contributed by atoms with Gasteiger partial charge in [0, 0.05) is 6.04 Å². The number of para-hydroxylation sites is 1. The minimum absolute atomic E-state index is 0.0152. The quantitative estimate of drug-likeness (QED) is 0.883. The first kappa shape index (κ1) is 12.3. The highest BCUT2D eigenvalue weighted by Gasteiger charge is 2.28. The summed E-state index contributed by atoms with van der Waals surface area (Å²) < 4.78 is 5.27. The minimum atomic E-state index is 0.0152. The van der Waals surface area contributed by atoms with Crippen molar-refractivity contribution in [1.29, 1.82) is 10.5 Å². The van der Waals surface area contributed by atoms with Gasteiger partial charge in [0.2, 0.25) is 0 Å². The van der Waals surface area contributed by atoms with E-state index in [1.165, 1.54) is 0 Å². The van der Waals surface area contributed by atoms with Crippen LogP contribution < -0.4 is 10.1 Å². The molecule has 0 saturated heterocycles. The zero-order valence-electron chi connectivity index (χ0n) is 10.3. The van der Waals surface area contributed by atoms with Gasteiger partial charge in [-0.3, -0.25) is 0 Å². The first-order valence-corrected chi connectivity index (χ1v) is 6.03. The van der Waals surface area contributed by atoms with Crippen molar-refractivity contribution in [2.24, 2.45) is 5.92 Å². The summed E-state index contributed by atoms with van der Waals surface area (Å²) in [4.78, 5) is 0. The second kappa shape index (κ2) is 5.42. The van der Waals surface area contributed by atoms with Gasteiger partial charge in [0.1, 0.15) is 11.8 Å². The fourth-order valence-corrected chi connectivity index (χ4v) is 2.42. The Balaban J connectivity index is 2.28. The summed E-state index contributed by atoms with van der Waals surface area (Å²) >= 11 is 0. The molecular weight excluding hydrogens is 226 g/mol. The monoisotopic (exact) mass is 241 g/mol. The maximum absolute atomic E-state index is 9.12. The molecule has 0 amide bonds. The van der Waals surface area contributed by atoms with Gasteiger partial charge in [0.15, 0.2) is 0 Å². The molecule has 2 atom stereocenters. The normalized spacial score (nSPS) is 21.9. The molecule has 1 N–H and O–H groups in total. The third-order valence-corrected chi connectivity index (χ3v) is 3.38. The van der Waals surface area contributed by atoms with Gasteiger partial charge in [-0.2, -0.15) is 10.5 Å². The van der Waals surface area contributed by atoms with E-state index in [1.807, 2.05) is 6.07 Å². The van der Waals surface area contributed by atoms with Crippen molar-refractivity contribution in [3.05, 3.63) is 23.8 Å². The zero-order valence-corrected chi connectivity index (χ0v) is 10.3. The molecule has 1 aromatic rings. The van der Waals surface area contributed by atoms with Crippen LogP contribution in [0.25, 0.3) is 0 Å². The maximum atomic E-state index is 9.12. The number of benzene rings is 1. The van der Waals surface area contributed by atoms with E-state index in [1.54, 1.807) is 19.2 Å². The van der Waals surface area contributed by atoms with Crippen LogP contribution in [0.5, 0.6) is 5.75 Å². The van der Waals surface area contributed by atoms with Gasteiger partial charge in [-0.25, -0.2) is 0 Å². The molecule has 4 heteroatoms. The number of rotatable bonds is 3. The average Bonchev–Trinajstić information content (AvgIpc) is 2.86. The molecule has 2 rings (SSSR count). The molecule has 0 heterocycles. The summed E-state index contributed by atoms with van der Waals surface area (Å²) in [5.74, 6) is 0.666. The smallest absolute Gasteiger partial charge is 0.143 e. The van der Waals surface area contributed by atoms with Crippen LogP contribution in [-0.2, 0) is 0 Å². The molecule has 2 unspecified atom stereocenters. The molecule has 0 bridgehead atoms. The van der Waals surface area contributed by atoms with E-state index in [-0.39, 0.29) is 12.0 Å². The van der Waals surface area contributed by atoms with E-state index < -0.39 is 0 Å². The number of anilines is 1. The highest BCUT2D eigenvalue weighted by Crippen LogP contribution is 2.33. The molecule has 1 fully saturated rings. The predicted octanol–water partition coefficient (Wildman–Crippen LogP) is 2.67. The molecule has 0 aliphatic heterocycles. The number of nitrogens with zero attached hydrogens (tertiary/aromatic N) is 2. The second-order valence-corrected chi connectivity index (χ2v) is 4.41. The van der Waals surface area contributed by atoms with Gasteiger partial charge in [-0.15, -0.1) is 0 Å². The molecule has 92 valence electrons. The number of ether oxygens (including phenoxy) is 1. The number of hydrogen-bond donors (Lipinski definition) is 1. The fourth-order valence-electron chi connectivity index (χ4n) is 2.42. The van der Waals surface area contributed by atoms with Crippen LogP contribution in [0.4, 0.5) is 5.69 Å². The first-order valence-electron chi connectivity index (χ1n) is 6.03. The minimum Gasteiger partial charge on any atom is -0.495 e. The fraction of sp³-hybridized carbons (Fsp3) is 0.429. The molecule has 1 saturated carbocycles. The van der Waals surface area contributed by atoms with E-state index in [9.17, 15) is 0 Å². The first-order chi connectivity index (χ1) is 8.80. The highest BCUT2D eigenvalue weighted by molar-refractivity contribution is 5.67. The van der Waals surface area contributed by atoms with Gasteiger partial charge in [-0.1, -0.05) is 6.07 Å². The number of nitriles is 2. The summed E-state index contributed by atoms with van der Waals surface area (Å²) in [6.07, 6.45) is 2.93. The molecule has 1 aliphatic carbocycles. The van der Waals surface area contributed by atoms with Crippen LogP contribution >= 0.6 is 0 Å². The van der Waals surface area contributed by atoms with E-state index >= 15 is 0 Å². The third kappa shape index (κ3) is 2.24. The van der Waals surface area contributed by atoms with Gasteiger partial charge < -0.3 is 10.1 Å². The number of nitrogens with one attached hydrogen (secondary N) is 1. The Hall–Kier alpha value is -2.20. The van der Waals surface area contributed by atoms with Gasteiger partial charge in [0.25, 0.3) is 0 Å². The lowest BCUT2D eigenvalue weighted by molar-refractivity contribution is 0.415. The van der Waals surface area contributed by atoms with Crippen LogP contribution in [0.3, 0.4) is 0 Å². The van der Waals surface area contributed by atoms with Crippen LogP contribution in [-0.4, -0.2) is 13.2 Å². The summed E-state index contributed by atoms with van der Waals surface area (Å²) in [5.41, 5.74) is 1.26. The Morgan fingerprint density at radius 3 is 2.83 bits per heavy atom. The standard InChI is InChI=1S/C14H15N3O/c1-18-13-7-3-5-11(9-16)14(13)17-12-6-2-4-10(12)8-15/h3,5,7,10,12,17H,2,4,6H2,1H3. The van der Waals surface area contributed by atoms with Crippen molar-refractivity contribution < 1.29 is 4.74 Å². The summed E-state index contributed by atoms with van der Waals surface area (Å²) in [6, 6.07) is 9.95. The molecule has 18 heavy (non-hydrogen) atoms. The van der Waals surface area contributed by atoms with Crippen molar-refractivity contribution >= 4 is 5.69 Å². The molecule has 4 nitrogen and oxygen atoms in total. The molecule has 0 spiro atoms. The lowest BCUT2D eigenvalue weighted by Crippen LogP contribution is -2.23. The largest absolute Gasteiger partial charge is 0.495 e. The number of methoxy groups -OCH3 is 1. The highest BCUT2D eigenvalue weighted by atomic mass is 16.5. The Bertz CT molecular complexity index is 513. The molecule has 0 aromatic heterocycles. The van der Waals surface area contributed by atoms with Crippen molar-refractivity contribution in [2.45, 2.75) is 25.3 Å². The van der Waals surface area contributed by atoms with Gasteiger partial charge in [-0.05, 0) is 31.4 Å². The summed E-state index contributed by atoms with van der Waals surface area (Å²) in [5, 5.41) is 21.5. The second-order valence-electron chi connectivity index (χ2n) is 4.41. The van der Waals surface area contributed by atoms with Crippen molar-refractivity contribution in [3.63, 3.8) is 0 Å². The molecule has 1 aromatic carbocycles. The van der Waals surface area contributed by atoms with Gasteiger partial charge >= 0.3 is 0 Å². The van der Waals surface area contributed by atoms with Crippen LogP contribution in [0.2, 0.25) is 0 Å². The SMILES string of the molecule is COc1cccc(C#N)c1NC1CCCC1C#N. The predicted molar refractivity (Wildman–Crippen MR) is 68.1 cm³/mol. The van der Waals surface area contributed by atoms with E-state index in [2.05, 4.69) is 17.5 Å². The van der Waals surface area contributed by atoms with Crippen molar-refractivity contribution in [1.82, 2.24) is 0 Å². The number of hydrogen-bond acceptors (Lipinski definition) is 4. The lowest BCUT2D eigenvalue weighted by atomic mass is 10.0. The summed E-state index contributed by atoms with van der Waals surface area (Å²) in [6.45, 7) is 0. The van der Waals surface area contributed by atoms with E-state index in [4.69, 9.17) is 15.3 Å². The Morgan fingerprint density at radius 1 is 1.33 bits per heavy atom. The van der Waals surface area contributed by atoms with E-state index in [0.29, 0.717) is 17.0 Å². The average molecular weight is 241 g/mol. The zero-order chi connectivity index (χ0) is 13.0. The third-order valence-electron chi connectivity index (χ3n) is 3.38.